The Hall–Kier alpha value is -2.18. The number of allylic oxidation sites excluding steroid dienone is 8. The number of nitrogens with one attached hydrogen (secondary N) is 1. The van der Waals surface area contributed by atoms with Crippen molar-refractivity contribution in [3.8, 4) is 0 Å². The fraction of sp³-hybridized carbons (Fsp3) is 0.859. The Bertz CT molecular complexity index is 1290. The SMILES string of the molecule is CCCC/C=C\C/C=C\CCCCCCCC(=O)OCCCCCCCCCCC/C=C\C/C=C\CCCCCCCCCCCCCCCCCC(=O)NC(CO)C(O)CCCCCCCCCCCCCCCCC. The summed E-state index contributed by atoms with van der Waals surface area (Å²) in [6, 6.07) is -0.541. The molecular formula is C71H133NO5. The molecule has 6 heteroatoms. The molecule has 0 rings (SSSR count). The highest BCUT2D eigenvalue weighted by Gasteiger charge is 2.20. The summed E-state index contributed by atoms with van der Waals surface area (Å²) in [5.74, 6) is -0.0340. The van der Waals surface area contributed by atoms with Crippen LogP contribution >= 0.6 is 0 Å². The van der Waals surface area contributed by atoms with Gasteiger partial charge >= 0.3 is 5.97 Å². The number of carbonyl (C=O) groups is 2. The van der Waals surface area contributed by atoms with Crippen molar-refractivity contribution in [2.75, 3.05) is 13.2 Å². The molecule has 77 heavy (non-hydrogen) atoms. The van der Waals surface area contributed by atoms with Crippen molar-refractivity contribution in [2.45, 2.75) is 379 Å². The average molecular weight is 1080 g/mol. The van der Waals surface area contributed by atoms with Gasteiger partial charge in [0.25, 0.3) is 0 Å². The second-order valence-corrected chi connectivity index (χ2v) is 23.5. The first-order valence-corrected chi connectivity index (χ1v) is 34.4. The first kappa shape index (κ1) is 74.8. The topological polar surface area (TPSA) is 95.9 Å². The minimum atomic E-state index is -0.664. The van der Waals surface area contributed by atoms with Gasteiger partial charge in [0.15, 0.2) is 0 Å². The molecular weight excluding hydrogens is 947 g/mol. The third-order valence-electron chi connectivity index (χ3n) is 15.9. The van der Waals surface area contributed by atoms with Crippen LogP contribution in [-0.4, -0.2) is 47.4 Å². The van der Waals surface area contributed by atoms with E-state index in [1.807, 2.05) is 0 Å². The maximum atomic E-state index is 12.5. The van der Waals surface area contributed by atoms with E-state index in [0.29, 0.717) is 25.9 Å². The highest BCUT2D eigenvalue weighted by molar-refractivity contribution is 5.76. The van der Waals surface area contributed by atoms with Crippen LogP contribution < -0.4 is 5.32 Å². The minimum absolute atomic E-state index is 0.00154. The van der Waals surface area contributed by atoms with Crippen LogP contribution in [0.5, 0.6) is 0 Å². The van der Waals surface area contributed by atoms with Crippen LogP contribution in [0.25, 0.3) is 0 Å². The van der Waals surface area contributed by atoms with Gasteiger partial charge in [0.1, 0.15) is 0 Å². The third kappa shape index (κ3) is 62.9. The monoisotopic (exact) mass is 1080 g/mol. The molecule has 0 aromatic heterocycles. The summed E-state index contributed by atoms with van der Waals surface area (Å²) in [5, 5.41) is 23.3. The lowest BCUT2D eigenvalue weighted by Crippen LogP contribution is -2.45. The zero-order chi connectivity index (χ0) is 55.7. The molecule has 3 N–H and O–H groups in total. The van der Waals surface area contributed by atoms with Gasteiger partial charge < -0.3 is 20.3 Å². The Morgan fingerprint density at radius 3 is 1.03 bits per heavy atom. The summed E-state index contributed by atoms with van der Waals surface area (Å²) in [4.78, 5) is 24.5. The number of ether oxygens (including phenoxy) is 1. The molecule has 0 saturated heterocycles. The Kier molecular flexibility index (Phi) is 64.5. The van der Waals surface area contributed by atoms with E-state index >= 15 is 0 Å². The predicted octanol–water partition coefficient (Wildman–Crippen LogP) is 22.1. The Morgan fingerprint density at radius 1 is 0.364 bits per heavy atom. The number of amides is 1. The van der Waals surface area contributed by atoms with Crippen molar-refractivity contribution in [1.29, 1.82) is 0 Å². The summed E-state index contributed by atoms with van der Waals surface area (Å²) in [6.45, 7) is 4.92. The van der Waals surface area contributed by atoms with E-state index in [1.165, 1.54) is 276 Å². The molecule has 2 atom stereocenters. The normalized spacial score (nSPS) is 12.8. The molecule has 0 aromatic rings. The van der Waals surface area contributed by atoms with Gasteiger partial charge in [-0.05, 0) is 83.5 Å². The van der Waals surface area contributed by atoms with Crippen LogP contribution in [0.2, 0.25) is 0 Å². The van der Waals surface area contributed by atoms with Crippen molar-refractivity contribution in [3.05, 3.63) is 48.6 Å². The molecule has 0 spiro atoms. The average Bonchev–Trinajstić information content (AvgIpc) is 3.43. The Labute approximate surface area is 480 Å². The second-order valence-electron chi connectivity index (χ2n) is 23.5. The zero-order valence-electron chi connectivity index (χ0n) is 51.7. The van der Waals surface area contributed by atoms with Crippen LogP contribution in [0.3, 0.4) is 0 Å². The van der Waals surface area contributed by atoms with Crippen LogP contribution in [0.15, 0.2) is 48.6 Å². The molecule has 0 aliphatic heterocycles. The molecule has 0 heterocycles. The van der Waals surface area contributed by atoms with Crippen molar-refractivity contribution >= 4 is 11.9 Å². The quantitative estimate of drug-likeness (QED) is 0.0320. The van der Waals surface area contributed by atoms with Crippen LogP contribution in [0.4, 0.5) is 0 Å². The van der Waals surface area contributed by atoms with E-state index < -0.39 is 12.1 Å². The molecule has 0 radical (unpaired) electrons. The van der Waals surface area contributed by atoms with Gasteiger partial charge in [0, 0.05) is 12.8 Å². The molecule has 452 valence electrons. The number of hydrogen-bond donors (Lipinski definition) is 3. The van der Waals surface area contributed by atoms with Crippen molar-refractivity contribution in [2.24, 2.45) is 0 Å². The maximum Gasteiger partial charge on any atom is 0.305 e. The second kappa shape index (κ2) is 66.3. The van der Waals surface area contributed by atoms with Crippen molar-refractivity contribution in [1.82, 2.24) is 5.32 Å². The first-order chi connectivity index (χ1) is 38.0. The smallest absolute Gasteiger partial charge is 0.305 e. The number of rotatable bonds is 64. The fourth-order valence-electron chi connectivity index (χ4n) is 10.6. The lowest BCUT2D eigenvalue weighted by Gasteiger charge is -2.22. The van der Waals surface area contributed by atoms with E-state index in [9.17, 15) is 19.8 Å². The number of aliphatic hydroxyl groups is 2. The molecule has 0 saturated carbocycles. The van der Waals surface area contributed by atoms with Crippen LogP contribution in [0, 0.1) is 0 Å². The molecule has 1 amide bonds. The molecule has 0 aliphatic carbocycles. The summed E-state index contributed by atoms with van der Waals surface area (Å²) < 4.78 is 5.47. The van der Waals surface area contributed by atoms with Gasteiger partial charge in [-0.1, -0.05) is 319 Å². The Balaban J connectivity index is 3.39. The summed E-state index contributed by atoms with van der Waals surface area (Å²) in [6.07, 6.45) is 85.8. The Morgan fingerprint density at radius 2 is 0.662 bits per heavy atom. The molecule has 0 aliphatic rings. The predicted molar refractivity (Wildman–Crippen MR) is 338 cm³/mol. The number of hydrogen-bond acceptors (Lipinski definition) is 5. The number of esters is 1. The molecule has 2 unspecified atom stereocenters. The third-order valence-corrected chi connectivity index (χ3v) is 15.9. The van der Waals surface area contributed by atoms with Crippen molar-refractivity contribution in [3.63, 3.8) is 0 Å². The van der Waals surface area contributed by atoms with Gasteiger partial charge in [0.2, 0.25) is 5.91 Å². The molecule has 6 nitrogen and oxygen atoms in total. The highest BCUT2D eigenvalue weighted by Crippen LogP contribution is 2.18. The van der Waals surface area contributed by atoms with E-state index in [1.54, 1.807) is 0 Å². The van der Waals surface area contributed by atoms with E-state index in [4.69, 9.17) is 4.74 Å². The van der Waals surface area contributed by atoms with Gasteiger partial charge in [-0.2, -0.15) is 0 Å². The molecule has 0 fully saturated rings. The van der Waals surface area contributed by atoms with Gasteiger partial charge in [-0.25, -0.2) is 0 Å². The summed E-state index contributed by atoms with van der Waals surface area (Å²) >= 11 is 0. The summed E-state index contributed by atoms with van der Waals surface area (Å²) in [7, 11) is 0. The summed E-state index contributed by atoms with van der Waals surface area (Å²) in [5.41, 5.74) is 0. The van der Waals surface area contributed by atoms with Gasteiger partial charge in [-0.3, -0.25) is 9.59 Å². The largest absolute Gasteiger partial charge is 0.466 e. The minimum Gasteiger partial charge on any atom is -0.466 e. The van der Waals surface area contributed by atoms with Crippen molar-refractivity contribution < 1.29 is 24.5 Å². The van der Waals surface area contributed by atoms with Crippen LogP contribution in [-0.2, 0) is 14.3 Å². The van der Waals surface area contributed by atoms with Gasteiger partial charge in [0.05, 0.1) is 25.4 Å². The van der Waals surface area contributed by atoms with Crippen LogP contribution in [0.1, 0.15) is 367 Å². The first-order valence-electron chi connectivity index (χ1n) is 34.4. The zero-order valence-corrected chi connectivity index (χ0v) is 51.7. The van der Waals surface area contributed by atoms with E-state index in [0.717, 1.165) is 57.8 Å². The number of carbonyl (C=O) groups excluding carboxylic acids is 2. The number of aliphatic hydroxyl groups excluding tert-OH is 2. The highest BCUT2D eigenvalue weighted by atomic mass is 16.5. The standard InChI is InChI=1S/C71H133NO5/c1-3-5-7-9-11-13-15-17-36-39-43-47-51-55-59-63-69(74)68(67-73)72-70(75)64-60-56-52-48-44-40-37-34-32-30-28-26-24-22-20-19-21-23-25-27-29-31-33-35-38-42-46-50-54-58-62-66-77-71(76)65-61-57-53-49-45-41-18-16-14-12-10-8-6-4-2/h10,12,16,18,21,23,27,29,68-69,73-74H,3-9,11,13-15,17,19-20,22,24-26,28,30-67H2,1-2H3,(H,72,75)/b12-10-,18-16-,23-21-,29-27-. The lowest BCUT2D eigenvalue weighted by atomic mass is 10.0. The lowest BCUT2D eigenvalue weighted by molar-refractivity contribution is -0.143. The maximum absolute atomic E-state index is 12.5. The van der Waals surface area contributed by atoms with E-state index in [-0.39, 0.29) is 18.5 Å². The van der Waals surface area contributed by atoms with Gasteiger partial charge in [-0.15, -0.1) is 0 Å². The molecule has 0 bridgehead atoms. The number of unbranched alkanes of at least 4 members (excludes halogenated alkanes) is 45. The molecule has 0 aromatic carbocycles. The van der Waals surface area contributed by atoms with E-state index in [2.05, 4.69) is 67.8 Å². The fourth-order valence-corrected chi connectivity index (χ4v) is 10.6.